The summed E-state index contributed by atoms with van der Waals surface area (Å²) in [4.78, 5) is 2.43. The largest absolute Gasteiger partial charge is 0.455 e. The van der Waals surface area contributed by atoms with Crippen molar-refractivity contribution in [2.45, 2.75) is 0 Å². The molecule has 0 bridgehead atoms. The van der Waals surface area contributed by atoms with Gasteiger partial charge in [-0.2, -0.15) is 0 Å². The summed E-state index contributed by atoms with van der Waals surface area (Å²) >= 11 is 1.87. The van der Waals surface area contributed by atoms with Crippen LogP contribution in [0, 0.1) is 0 Å². The highest BCUT2D eigenvalue weighted by Gasteiger charge is 2.23. The molecule has 2 aromatic heterocycles. The normalized spacial score (nSPS) is 11.8. The van der Waals surface area contributed by atoms with Gasteiger partial charge in [-0.25, -0.2) is 0 Å². The maximum Gasteiger partial charge on any atom is 0.143 e. The third-order valence-electron chi connectivity index (χ3n) is 10.7. The van der Waals surface area contributed by atoms with Gasteiger partial charge in [-0.05, 0) is 69.8 Å². The molecular formula is C50H31NOS. The first-order valence-electron chi connectivity index (χ1n) is 18.0. The summed E-state index contributed by atoms with van der Waals surface area (Å²) in [5.74, 6) is 0. The molecule has 11 aromatic rings. The van der Waals surface area contributed by atoms with E-state index in [9.17, 15) is 0 Å². The Kier molecular flexibility index (Phi) is 6.76. The molecule has 0 N–H and O–H groups in total. The quantitative estimate of drug-likeness (QED) is 0.178. The molecule has 2 heterocycles. The number of nitrogens with zero attached hydrogens (tertiary/aromatic N) is 1. The molecule has 2 nitrogen and oxygen atoms in total. The minimum absolute atomic E-state index is 0.871. The van der Waals surface area contributed by atoms with E-state index in [1.54, 1.807) is 0 Å². The SMILES string of the molecule is c1ccc(N(c2ccc(-c3cccc4ccccc34)cc2)c2cccc3oc4c5ccccc5ccc4c23)c(-c2cccc3c2sc2ccccc23)c1. The third-order valence-corrected chi connectivity index (χ3v) is 11.9. The molecule has 53 heavy (non-hydrogen) atoms. The lowest BCUT2D eigenvalue weighted by Gasteiger charge is -2.29. The number of benzene rings is 9. The van der Waals surface area contributed by atoms with Gasteiger partial charge < -0.3 is 9.32 Å². The molecule has 0 saturated heterocycles. The van der Waals surface area contributed by atoms with Crippen molar-refractivity contribution in [3.8, 4) is 22.3 Å². The summed E-state index contributed by atoms with van der Waals surface area (Å²) in [5, 5.41) is 9.58. The van der Waals surface area contributed by atoms with Crippen LogP contribution in [0.1, 0.15) is 0 Å². The standard InChI is InChI=1S/C50H31NOS/c1-3-15-36-32(12-1)14-9-19-37(36)34-26-29-35(30-27-34)51(45-23-11-24-46-48(45)43-31-28-33-13-2-4-16-38(33)49(43)52-46)44-22-7-5-17-39(44)41-20-10-21-42-40-18-6-8-25-47(40)53-50(41)42/h1-31H. The van der Waals surface area contributed by atoms with Crippen molar-refractivity contribution in [1.29, 1.82) is 0 Å². The summed E-state index contributed by atoms with van der Waals surface area (Å²) in [6, 6.07) is 67.9. The van der Waals surface area contributed by atoms with Gasteiger partial charge >= 0.3 is 0 Å². The van der Waals surface area contributed by atoms with Crippen molar-refractivity contribution >= 4 is 92.1 Å². The van der Waals surface area contributed by atoms with Gasteiger partial charge in [-0.1, -0.05) is 146 Å². The van der Waals surface area contributed by atoms with Gasteiger partial charge in [0.05, 0.1) is 16.8 Å². The lowest BCUT2D eigenvalue weighted by atomic mass is 9.97. The molecule has 0 aliphatic heterocycles. The average Bonchev–Trinajstić information content (AvgIpc) is 3.81. The van der Waals surface area contributed by atoms with Crippen LogP contribution in [0.4, 0.5) is 17.1 Å². The Labute approximate surface area is 310 Å². The van der Waals surface area contributed by atoms with Crippen LogP contribution in [-0.4, -0.2) is 0 Å². The fourth-order valence-electron chi connectivity index (χ4n) is 8.25. The number of para-hydroxylation sites is 1. The van der Waals surface area contributed by atoms with Crippen LogP contribution in [0.5, 0.6) is 0 Å². The average molecular weight is 694 g/mol. The first-order valence-corrected chi connectivity index (χ1v) is 18.8. The second-order valence-corrected chi connectivity index (χ2v) is 14.7. The lowest BCUT2D eigenvalue weighted by molar-refractivity contribution is 0.672. The van der Waals surface area contributed by atoms with E-state index in [1.165, 1.54) is 58.6 Å². The second-order valence-electron chi connectivity index (χ2n) is 13.6. The van der Waals surface area contributed by atoms with E-state index in [2.05, 4.69) is 193 Å². The zero-order valence-electron chi connectivity index (χ0n) is 28.7. The molecule has 0 spiro atoms. The van der Waals surface area contributed by atoms with E-state index in [0.717, 1.165) is 44.4 Å². The number of furan rings is 1. The molecule has 0 aliphatic rings. The Balaban J connectivity index is 1.17. The third kappa shape index (κ3) is 4.71. The zero-order chi connectivity index (χ0) is 34.9. The molecule has 0 amide bonds. The van der Waals surface area contributed by atoms with Crippen LogP contribution in [0.3, 0.4) is 0 Å². The summed E-state index contributed by atoms with van der Waals surface area (Å²) in [7, 11) is 0. The Hall–Kier alpha value is -6.68. The molecule has 0 aliphatic carbocycles. The van der Waals surface area contributed by atoms with Crippen LogP contribution in [0.2, 0.25) is 0 Å². The minimum atomic E-state index is 0.871. The molecule has 9 aromatic carbocycles. The lowest BCUT2D eigenvalue weighted by Crippen LogP contribution is -2.11. The van der Waals surface area contributed by atoms with Gasteiger partial charge in [-0.3, -0.25) is 0 Å². The van der Waals surface area contributed by atoms with Crippen LogP contribution in [-0.2, 0) is 0 Å². The smallest absolute Gasteiger partial charge is 0.143 e. The highest BCUT2D eigenvalue weighted by atomic mass is 32.1. The van der Waals surface area contributed by atoms with E-state index in [-0.39, 0.29) is 0 Å². The number of fused-ring (bicyclic) bond motifs is 9. The molecule has 3 heteroatoms. The number of anilines is 3. The summed E-state index contributed by atoms with van der Waals surface area (Å²) in [5.41, 5.74) is 9.87. The van der Waals surface area contributed by atoms with Crippen LogP contribution in [0.15, 0.2) is 192 Å². The first kappa shape index (κ1) is 30.0. The van der Waals surface area contributed by atoms with E-state index in [4.69, 9.17) is 4.42 Å². The molecule has 0 unspecified atom stereocenters. The number of rotatable bonds is 5. The first-order chi connectivity index (χ1) is 26.3. The van der Waals surface area contributed by atoms with Crippen molar-refractivity contribution in [2.24, 2.45) is 0 Å². The predicted molar refractivity (Wildman–Crippen MR) is 227 cm³/mol. The molecule has 0 saturated carbocycles. The predicted octanol–water partition coefficient (Wildman–Crippen LogP) is 15.1. The van der Waals surface area contributed by atoms with E-state index >= 15 is 0 Å². The molecule has 0 atom stereocenters. The highest BCUT2D eigenvalue weighted by molar-refractivity contribution is 7.26. The monoisotopic (exact) mass is 693 g/mol. The summed E-state index contributed by atoms with van der Waals surface area (Å²) < 4.78 is 9.33. The van der Waals surface area contributed by atoms with E-state index in [1.807, 2.05) is 11.3 Å². The van der Waals surface area contributed by atoms with Gasteiger partial charge in [0.25, 0.3) is 0 Å². The van der Waals surface area contributed by atoms with E-state index in [0.29, 0.717) is 0 Å². The number of thiophene rings is 1. The fourth-order valence-corrected chi connectivity index (χ4v) is 9.48. The molecular weight excluding hydrogens is 663 g/mol. The summed E-state index contributed by atoms with van der Waals surface area (Å²) in [6.07, 6.45) is 0. The van der Waals surface area contributed by atoms with Crippen molar-refractivity contribution in [2.75, 3.05) is 4.90 Å². The van der Waals surface area contributed by atoms with Crippen molar-refractivity contribution in [3.63, 3.8) is 0 Å². The molecule has 0 radical (unpaired) electrons. The van der Waals surface area contributed by atoms with Crippen LogP contribution >= 0.6 is 11.3 Å². The second kappa shape index (κ2) is 11.9. The van der Waals surface area contributed by atoms with Gasteiger partial charge in [-0.15, -0.1) is 11.3 Å². The summed E-state index contributed by atoms with van der Waals surface area (Å²) in [6.45, 7) is 0. The van der Waals surface area contributed by atoms with E-state index < -0.39 is 0 Å². The highest BCUT2D eigenvalue weighted by Crippen LogP contribution is 2.49. The minimum Gasteiger partial charge on any atom is -0.455 e. The van der Waals surface area contributed by atoms with Gasteiger partial charge in [0.15, 0.2) is 0 Å². The Morgan fingerprint density at radius 3 is 1.91 bits per heavy atom. The zero-order valence-corrected chi connectivity index (χ0v) is 29.5. The Bertz CT molecular complexity index is 3180. The topological polar surface area (TPSA) is 16.4 Å². The van der Waals surface area contributed by atoms with Crippen molar-refractivity contribution < 1.29 is 4.42 Å². The number of hydrogen-bond donors (Lipinski definition) is 0. The maximum absolute atomic E-state index is 6.73. The van der Waals surface area contributed by atoms with Crippen molar-refractivity contribution in [3.05, 3.63) is 188 Å². The molecule has 11 rings (SSSR count). The Morgan fingerprint density at radius 1 is 0.396 bits per heavy atom. The van der Waals surface area contributed by atoms with Crippen LogP contribution < -0.4 is 4.90 Å². The van der Waals surface area contributed by atoms with Crippen molar-refractivity contribution in [1.82, 2.24) is 0 Å². The molecule has 0 fully saturated rings. The number of hydrogen-bond acceptors (Lipinski definition) is 3. The maximum atomic E-state index is 6.73. The van der Waals surface area contributed by atoms with Gasteiger partial charge in [0, 0.05) is 47.8 Å². The Morgan fingerprint density at radius 2 is 1.02 bits per heavy atom. The molecule has 248 valence electrons. The van der Waals surface area contributed by atoms with Gasteiger partial charge in [0.2, 0.25) is 0 Å². The van der Waals surface area contributed by atoms with Crippen LogP contribution in [0.25, 0.3) is 85.9 Å². The fraction of sp³-hybridized carbons (Fsp3) is 0. The van der Waals surface area contributed by atoms with Gasteiger partial charge in [0.1, 0.15) is 11.2 Å².